The second kappa shape index (κ2) is 11.8. The maximum absolute atomic E-state index is 12.2. The normalized spacial score (nSPS) is 13.0. The van der Waals surface area contributed by atoms with Gasteiger partial charge in [0.15, 0.2) is 0 Å². The summed E-state index contributed by atoms with van der Waals surface area (Å²) in [5, 5.41) is 36.0. The predicted molar refractivity (Wildman–Crippen MR) is 159 cm³/mol. The van der Waals surface area contributed by atoms with E-state index in [1.807, 2.05) is 0 Å². The summed E-state index contributed by atoms with van der Waals surface area (Å²) < 4.78 is 99.7. The van der Waals surface area contributed by atoms with Gasteiger partial charge in [0, 0.05) is 4.47 Å². The van der Waals surface area contributed by atoms with Crippen molar-refractivity contribution in [2.24, 2.45) is 20.5 Å². The summed E-state index contributed by atoms with van der Waals surface area (Å²) in [6.07, 6.45) is 0. The third-order valence-corrected chi connectivity index (χ3v) is 11.8. The first-order valence-electron chi connectivity index (χ1n) is 11.3. The molecule has 4 aromatic carbocycles. The van der Waals surface area contributed by atoms with E-state index in [1.54, 1.807) is 13.0 Å². The van der Waals surface area contributed by atoms with Crippen molar-refractivity contribution in [1.82, 2.24) is 0 Å². The Bertz CT molecular complexity index is 2150. The average molecular weight is 824 g/mol. The molecule has 0 radical (unpaired) electrons. The van der Waals surface area contributed by atoms with Gasteiger partial charge in [-0.25, -0.2) is 0 Å². The molecule has 0 saturated carbocycles. The molecule has 0 aliphatic rings. The molecule has 0 unspecified atom stereocenters. The van der Waals surface area contributed by atoms with Crippen molar-refractivity contribution in [2.45, 2.75) is 16.7 Å². The van der Waals surface area contributed by atoms with Gasteiger partial charge in [-0.1, -0.05) is 6.07 Å². The Hall–Kier alpha value is -3.00. The van der Waals surface area contributed by atoms with Gasteiger partial charge in [0.25, 0.3) is 0 Å². The summed E-state index contributed by atoms with van der Waals surface area (Å²) in [5.74, 6) is -2.18. The van der Waals surface area contributed by atoms with Crippen molar-refractivity contribution in [3.05, 3.63) is 63.0 Å². The van der Waals surface area contributed by atoms with Crippen LogP contribution in [0.2, 0.25) is 0 Å². The van der Waals surface area contributed by atoms with Crippen LogP contribution in [0.25, 0.3) is 10.8 Å². The number of hydrogen-bond acceptors (Lipinski definition) is 11. The van der Waals surface area contributed by atoms with Gasteiger partial charge < -0.3 is 0 Å². The van der Waals surface area contributed by atoms with Crippen LogP contribution in [0, 0.1) is 6.92 Å². The van der Waals surface area contributed by atoms with Crippen LogP contribution in [-0.2, 0) is 24.0 Å². The average Bonchev–Trinajstić information content (AvgIpc) is 2.89. The van der Waals surface area contributed by atoms with Crippen LogP contribution in [0.15, 0.2) is 87.7 Å². The van der Waals surface area contributed by atoms with Crippen molar-refractivity contribution in [3.8, 4) is 11.5 Å². The van der Waals surface area contributed by atoms with Gasteiger partial charge in [-0.15, -0.1) is 0 Å². The predicted octanol–water partition coefficient (Wildman–Crippen LogP) is 4.97. The number of halogens is 2. The minimum absolute atomic E-state index is 0.164. The van der Waals surface area contributed by atoms with E-state index in [4.69, 9.17) is 0 Å². The number of nitrogens with zero attached hydrogens (tertiary/aromatic N) is 4. The van der Waals surface area contributed by atoms with Crippen molar-refractivity contribution in [3.63, 3.8) is 0 Å². The van der Waals surface area contributed by atoms with Crippen molar-refractivity contribution >= 4 is 104 Å². The molecule has 0 aromatic heterocycles. The third kappa shape index (κ3) is 6.89. The second-order valence-corrected chi connectivity index (χ2v) is 16.4. The van der Waals surface area contributed by atoms with E-state index in [0.717, 1.165) is 17.7 Å². The minimum atomic E-state index is -5.36. The summed E-state index contributed by atoms with van der Waals surface area (Å²) in [4.78, 5) is -2.10. The molecule has 0 spiro atoms. The molecule has 15 nitrogen and oxygen atoms in total. The molecule has 0 fully saturated rings. The standard InChI is InChI=1S/C23H17AsBr2N4O11S2/c1-10-5-6-14(19(26)18(10)25)28-30-21-16(43(39,40)41)8-11-7-15(42(36,37)38)20(22(31)17(11)23(21)32)29-27-13-4-2-3-12(9-13)24(33,34)35/h2-9,31-32H,1H3,(H2,33,34,35)(H,36,37,38)(H,39,40,41). The zero-order chi connectivity index (χ0) is 32.1. The largest absolute Gasteiger partial charge is 0.0595 e. The van der Waals surface area contributed by atoms with Gasteiger partial charge in [-0.3, -0.25) is 4.55 Å². The van der Waals surface area contributed by atoms with E-state index in [1.165, 1.54) is 18.2 Å². The Labute approximate surface area is 262 Å². The van der Waals surface area contributed by atoms with Crippen LogP contribution in [0.4, 0.5) is 22.7 Å². The fraction of sp³-hybridized carbons (Fsp3) is 0.0435. The number of hydrogen-bond donors (Lipinski definition) is 6. The third-order valence-electron chi connectivity index (χ3n) is 5.75. The number of aryl methyl sites for hydroxylation is 1. The molecule has 226 valence electrons. The van der Waals surface area contributed by atoms with Gasteiger partial charge >= 0.3 is 180 Å². The van der Waals surface area contributed by atoms with Crippen LogP contribution >= 0.6 is 31.9 Å². The van der Waals surface area contributed by atoms with Crippen LogP contribution in [0.1, 0.15) is 5.56 Å². The number of phenolic OH excluding ortho intramolecular Hbond substituents is 2. The fourth-order valence-electron chi connectivity index (χ4n) is 3.71. The first-order chi connectivity index (χ1) is 19.8. The number of phenols is 2. The molecule has 6 N–H and O–H groups in total. The Morgan fingerprint density at radius 1 is 0.744 bits per heavy atom. The zero-order valence-electron chi connectivity index (χ0n) is 21.2. The van der Waals surface area contributed by atoms with Crippen LogP contribution in [0.5, 0.6) is 11.5 Å². The summed E-state index contributed by atoms with van der Waals surface area (Å²) in [5.41, 5.74) is -0.970. The Morgan fingerprint density at radius 3 is 1.79 bits per heavy atom. The summed E-state index contributed by atoms with van der Waals surface area (Å²) in [6, 6.07) is 9.07. The SMILES string of the molecule is Cc1ccc(N=Nc2c(S(=O)(=O)O)cc3cc(S(=O)(=O)O)c(N=Nc4cccc([As](=O)(O)O)c4)c(O)c3c2O)c(Br)c1Br. The van der Waals surface area contributed by atoms with E-state index in [9.17, 15) is 48.1 Å². The quantitative estimate of drug-likeness (QED) is 0.0824. The number of azo groups is 2. The smallest absolute Gasteiger partial charge is 0.0492 e. The number of benzene rings is 4. The van der Waals surface area contributed by atoms with Crippen molar-refractivity contribution < 1.29 is 48.1 Å². The second-order valence-electron chi connectivity index (χ2n) is 8.69. The molecular formula is C23H17AsBr2N4O11S2. The molecule has 4 rings (SSSR count). The summed E-state index contributed by atoms with van der Waals surface area (Å²) in [7, 11) is -10.3. The first-order valence-corrected chi connectivity index (χ1v) is 19.1. The monoisotopic (exact) mass is 822 g/mol. The van der Waals surface area contributed by atoms with E-state index in [2.05, 4.69) is 52.3 Å². The molecule has 0 amide bonds. The maximum atomic E-state index is 12.2. The molecule has 0 aliphatic carbocycles. The summed E-state index contributed by atoms with van der Waals surface area (Å²) in [6.45, 7) is 1.79. The van der Waals surface area contributed by atoms with E-state index < -0.39 is 77.8 Å². The van der Waals surface area contributed by atoms with Gasteiger partial charge in [-0.05, 0) is 50.4 Å². The van der Waals surface area contributed by atoms with Crippen LogP contribution in [0.3, 0.4) is 0 Å². The van der Waals surface area contributed by atoms with Gasteiger partial charge in [0.2, 0.25) is 0 Å². The molecule has 43 heavy (non-hydrogen) atoms. The Balaban J connectivity index is 2.02. The van der Waals surface area contributed by atoms with Gasteiger partial charge in [0.05, 0.1) is 4.47 Å². The van der Waals surface area contributed by atoms with Crippen LogP contribution < -0.4 is 4.35 Å². The topological polar surface area (TPSA) is 256 Å². The molecule has 20 heteroatoms. The van der Waals surface area contributed by atoms with Gasteiger partial charge in [-0.2, -0.15) is 8.42 Å². The van der Waals surface area contributed by atoms with E-state index >= 15 is 0 Å². The summed E-state index contributed by atoms with van der Waals surface area (Å²) >= 11 is 1.29. The number of fused-ring (bicyclic) bond motifs is 1. The number of aromatic hydroxyl groups is 2. The van der Waals surface area contributed by atoms with Crippen LogP contribution in [-0.4, -0.2) is 58.5 Å². The maximum Gasteiger partial charge on any atom is 0.0595 e. The van der Waals surface area contributed by atoms with Crippen molar-refractivity contribution in [1.29, 1.82) is 0 Å². The molecular weight excluding hydrogens is 807 g/mol. The molecule has 0 bridgehead atoms. The molecule has 4 aromatic rings. The minimum Gasteiger partial charge on any atom is -0.0492 e. The Morgan fingerprint density at radius 2 is 1.28 bits per heavy atom. The zero-order valence-corrected chi connectivity index (χ0v) is 27.8. The fourth-order valence-corrected chi connectivity index (χ4v) is 7.10. The van der Waals surface area contributed by atoms with E-state index in [0.29, 0.717) is 21.1 Å². The van der Waals surface area contributed by atoms with Gasteiger partial charge in [0.1, 0.15) is 5.69 Å². The van der Waals surface area contributed by atoms with Crippen molar-refractivity contribution in [2.75, 3.05) is 0 Å². The van der Waals surface area contributed by atoms with E-state index in [-0.39, 0.29) is 15.7 Å². The molecule has 0 atom stereocenters. The number of rotatable bonds is 7. The molecule has 0 heterocycles. The molecule has 0 saturated heterocycles. The first kappa shape index (κ1) is 32.9. The molecule has 0 aliphatic heterocycles. The Kier molecular flexibility index (Phi) is 9.05.